The van der Waals surface area contributed by atoms with Crippen LogP contribution in [0.25, 0.3) is 0 Å². The molecule has 1 unspecified atom stereocenters. The molecule has 2 N–H and O–H groups in total. The third kappa shape index (κ3) is 1.35. The fourth-order valence-corrected chi connectivity index (χ4v) is 1.35. The van der Waals surface area contributed by atoms with E-state index in [0.717, 1.165) is 19.5 Å². The Kier molecular flexibility index (Phi) is 1.87. The Balaban J connectivity index is 2.11. The van der Waals surface area contributed by atoms with Gasteiger partial charge in [-0.15, -0.1) is 5.10 Å². The molecule has 2 heterocycles. The van der Waals surface area contributed by atoms with Gasteiger partial charge in [-0.1, -0.05) is 0 Å². The largest absolute Gasteiger partial charge is 0.338 e. The van der Waals surface area contributed by atoms with Crippen LogP contribution in [0.5, 0.6) is 0 Å². The van der Waals surface area contributed by atoms with Crippen LogP contribution >= 0.6 is 0 Å². The molecule has 1 saturated heterocycles. The maximum Gasteiger partial charge on any atom is 0.245 e. The molecular formula is C7H11N5. The molecule has 0 bridgehead atoms. The molecule has 1 fully saturated rings. The lowest BCUT2D eigenvalue weighted by Crippen LogP contribution is -2.27. The fourth-order valence-electron chi connectivity index (χ4n) is 1.35. The summed E-state index contributed by atoms with van der Waals surface area (Å²) >= 11 is 0. The van der Waals surface area contributed by atoms with Crippen LogP contribution in [0.15, 0.2) is 12.4 Å². The van der Waals surface area contributed by atoms with Gasteiger partial charge in [0.15, 0.2) is 0 Å². The van der Waals surface area contributed by atoms with E-state index in [9.17, 15) is 0 Å². The first-order valence-corrected chi connectivity index (χ1v) is 4.00. The Hall–Kier alpha value is -1.23. The van der Waals surface area contributed by atoms with E-state index in [2.05, 4.69) is 20.1 Å². The lowest BCUT2D eigenvalue weighted by atomic mass is 10.3. The topological polar surface area (TPSA) is 67.9 Å². The summed E-state index contributed by atoms with van der Waals surface area (Å²) in [6.07, 6.45) is 4.23. The maximum atomic E-state index is 5.74. The van der Waals surface area contributed by atoms with Gasteiger partial charge in [-0.3, -0.25) is 0 Å². The lowest BCUT2D eigenvalue weighted by Gasteiger charge is -2.13. The summed E-state index contributed by atoms with van der Waals surface area (Å²) in [5, 5.41) is 7.66. The van der Waals surface area contributed by atoms with Crippen molar-refractivity contribution in [2.75, 3.05) is 18.0 Å². The number of nitrogens with two attached hydrogens (primary N) is 1. The van der Waals surface area contributed by atoms with Crippen molar-refractivity contribution < 1.29 is 0 Å². The summed E-state index contributed by atoms with van der Waals surface area (Å²) in [5.74, 6) is 0.686. The minimum absolute atomic E-state index is 0.258. The molecule has 2 rings (SSSR count). The zero-order valence-electron chi connectivity index (χ0n) is 6.72. The van der Waals surface area contributed by atoms with Gasteiger partial charge in [0, 0.05) is 19.1 Å². The first-order valence-electron chi connectivity index (χ1n) is 4.00. The standard InChI is InChI=1S/C7H11N5/c8-6-1-4-12(5-6)7-9-2-3-10-11-7/h2-3,6H,1,4-5,8H2. The molecule has 0 aromatic carbocycles. The van der Waals surface area contributed by atoms with Gasteiger partial charge in [-0.2, -0.15) is 5.10 Å². The predicted molar refractivity (Wildman–Crippen MR) is 44.6 cm³/mol. The van der Waals surface area contributed by atoms with Crippen LogP contribution in [-0.2, 0) is 0 Å². The van der Waals surface area contributed by atoms with Crippen molar-refractivity contribution in [2.45, 2.75) is 12.5 Å². The van der Waals surface area contributed by atoms with Crippen molar-refractivity contribution in [3.63, 3.8) is 0 Å². The van der Waals surface area contributed by atoms with Crippen molar-refractivity contribution in [3.8, 4) is 0 Å². The molecule has 12 heavy (non-hydrogen) atoms. The van der Waals surface area contributed by atoms with Gasteiger partial charge in [0.1, 0.15) is 0 Å². The van der Waals surface area contributed by atoms with Gasteiger partial charge >= 0.3 is 0 Å². The Morgan fingerprint density at radius 1 is 1.50 bits per heavy atom. The smallest absolute Gasteiger partial charge is 0.245 e. The zero-order valence-corrected chi connectivity index (χ0v) is 6.72. The first-order chi connectivity index (χ1) is 5.86. The summed E-state index contributed by atoms with van der Waals surface area (Å²) in [7, 11) is 0. The lowest BCUT2D eigenvalue weighted by molar-refractivity contribution is 0.748. The van der Waals surface area contributed by atoms with Gasteiger partial charge in [0.25, 0.3) is 0 Å². The maximum absolute atomic E-state index is 5.74. The highest BCUT2D eigenvalue weighted by atomic mass is 15.3. The molecule has 1 atom stereocenters. The number of hydrogen-bond acceptors (Lipinski definition) is 5. The van der Waals surface area contributed by atoms with E-state index in [1.54, 1.807) is 12.4 Å². The SMILES string of the molecule is NC1CCN(c2nccnn2)C1. The Labute approximate surface area is 70.6 Å². The summed E-state index contributed by atoms with van der Waals surface area (Å²) in [6, 6.07) is 0.258. The summed E-state index contributed by atoms with van der Waals surface area (Å²) < 4.78 is 0. The van der Waals surface area contributed by atoms with Gasteiger partial charge in [0.05, 0.1) is 12.4 Å². The van der Waals surface area contributed by atoms with E-state index in [4.69, 9.17) is 5.73 Å². The van der Waals surface area contributed by atoms with Crippen LogP contribution in [0.3, 0.4) is 0 Å². The molecule has 5 heteroatoms. The second-order valence-corrected chi connectivity index (χ2v) is 2.94. The fraction of sp³-hybridized carbons (Fsp3) is 0.571. The molecule has 64 valence electrons. The van der Waals surface area contributed by atoms with E-state index in [-0.39, 0.29) is 6.04 Å². The number of aromatic nitrogens is 3. The highest BCUT2D eigenvalue weighted by Crippen LogP contribution is 2.12. The highest BCUT2D eigenvalue weighted by molar-refractivity contribution is 5.29. The van der Waals surface area contributed by atoms with Crippen LogP contribution in [0, 0.1) is 0 Å². The third-order valence-corrected chi connectivity index (χ3v) is 1.98. The molecule has 5 nitrogen and oxygen atoms in total. The van der Waals surface area contributed by atoms with Crippen LogP contribution in [0.2, 0.25) is 0 Å². The molecule has 0 amide bonds. The van der Waals surface area contributed by atoms with Crippen molar-refractivity contribution in [1.82, 2.24) is 15.2 Å². The molecular weight excluding hydrogens is 154 g/mol. The molecule has 0 spiro atoms. The molecule has 0 aliphatic carbocycles. The third-order valence-electron chi connectivity index (χ3n) is 1.98. The Morgan fingerprint density at radius 3 is 3.00 bits per heavy atom. The van der Waals surface area contributed by atoms with Crippen molar-refractivity contribution in [3.05, 3.63) is 12.4 Å². The quantitative estimate of drug-likeness (QED) is 0.602. The predicted octanol–water partition coefficient (Wildman–Crippen LogP) is -0.591. The summed E-state index contributed by atoms with van der Waals surface area (Å²) in [4.78, 5) is 6.15. The van der Waals surface area contributed by atoms with Crippen LogP contribution in [0.1, 0.15) is 6.42 Å². The summed E-state index contributed by atoms with van der Waals surface area (Å²) in [6.45, 7) is 1.78. The zero-order chi connectivity index (χ0) is 8.39. The van der Waals surface area contributed by atoms with Gasteiger partial charge in [0.2, 0.25) is 5.95 Å². The molecule has 1 aliphatic rings. The van der Waals surface area contributed by atoms with E-state index in [1.807, 2.05) is 0 Å². The normalized spacial score (nSPS) is 23.1. The molecule has 1 aliphatic heterocycles. The van der Waals surface area contributed by atoms with Gasteiger partial charge < -0.3 is 10.6 Å². The Morgan fingerprint density at radius 2 is 2.42 bits per heavy atom. The van der Waals surface area contributed by atoms with Gasteiger partial charge in [-0.25, -0.2) is 4.98 Å². The molecule has 1 aromatic rings. The number of anilines is 1. The van der Waals surface area contributed by atoms with Crippen molar-refractivity contribution in [1.29, 1.82) is 0 Å². The second-order valence-electron chi connectivity index (χ2n) is 2.94. The van der Waals surface area contributed by atoms with Crippen LogP contribution in [-0.4, -0.2) is 34.3 Å². The van der Waals surface area contributed by atoms with Crippen LogP contribution < -0.4 is 10.6 Å². The second kappa shape index (κ2) is 3.02. The van der Waals surface area contributed by atoms with Crippen LogP contribution in [0.4, 0.5) is 5.95 Å². The average molecular weight is 165 g/mol. The van der Waals surface area contributed by atoms with E-state index < -0.39 is 0 Å². The monoisotopic (exact) mass is 165 g/mol. The molecule has 0 saturated carbocycles. The Bertz CT molecular complexity index is 249. The van der Waals surface area contributed by atoms with Crippen molar-refractivity contribution in [2.24, 2.45) is 5.73 Å². The minimum Gasteiger partial charge on any atom is -0.338 e. The van der Waals surface area contributed by atoms with Gasteiger partial charge in [-0.05, 0) is 6.42 Å². The number of nitrogens with zero attached hydrogens (tertiary/aromatic N) is 4. The number of hydrogen-bond donors (Lipinski definition) is 1. The van der Waals surface area contributed by atoms with E-state index >= 15 is 0 Å². The van der Waals surface area contributed by atoms with Crippen molar-refractivity contribution >= 4 is 5.95 Å². The van der Waals surface area contributed by atoms with E-state index in [0.29, 0.717) is 5.95 Å². The highest BCUT2D eigenvalue weighted by Gasteiger charge is 2.20. The molecule has 1 aromatic heterocycles. The molecule has 0 radical (unpaired) electrons. The summed E-state index contributed by atoms with van der Waals surface area (Å²) in [5.41, 5.74) is 5.74. The van der Waals surface area contributed by atoms with E-state index in [1.165, 1.54) is 0 Å². The minimum atomic E-state index is 0.258. The first kappa shape index (κ1) is 7.42. The average Bonchev–Trinajstić information content (AvgIpc) is 2.54. The number of rotatable bonds is 1.